The van der Waals surface area contributed by atoms with Crippen molar-refractivity contribution in [2.75, 3.05) is 7.11 Å². The summed E-state index contributed by atoms with van der Waals surface area (Å²) >= 11 is 0. The van der Waals surface area contributed by atoms with Gasteiger partial charge in [0.25, 0.3) is 0 Å². The molecule has 1 aromatic heterocycles. The first-order valence-electron chi connectivity index (χ1n) is 6.97. The van der Waals surface area contributed by atoms with E-state index in [1.54, 1.807) is 12.1 Å². The number of nitrogens with zero attached hydrogens (tertiary/aromatic N) is 2. The molecule has 0 fully saturated rings. The number of carbonyl (C=O) groups excluding carboxylic acids is 1. The van der Waals surface area contributed by atoms with Crippen LogP contribution >= 0.6 is 0 Å². The predicted octanol–water partition coefficient (Wildman–Crippen LogP) is 1.71. The summed E-state index contributed by atoms with van der Waals surface area (Å²) in [5.41, 5.74) is 2.87. The average molecular weight is 334 g/mol. The molecular formula is C16H18N2O4S. The van der Waals surface area contributed by atoms with Gasteiger partial charge >= 0.3 is 5.97 Å². The Bertz CT molecular complexity index is 749. The zero-order valence-electron chi connectivity index (χ0n) is 12.9. The second-order valence-corrected chi connectivity index (χ2v) is 6.12. The van der Waals surface area contributed by atoms with E-state index < -0.39 is 16.9 Å². The summed E-state index contributed by atoms with van der Waals surface area (Å²) in [5, 5.41) is 0. The lowest BCUT2D eigenvalue weighted by Gasteiger charge is -2.15. The summed E-state index contributed by atoms with van der Waals surface area (Å²) in [7, 11) is -1.45. The van der Waals surface area contributed by atoms with Crippen LogP contribution in [0.25, 0.3) is 0 Å². The van der Waals surface area contributed by atoms with Gasteiger partial charge in [-0.1, -0.05) is 29.8 Å². The maximum absolute atomic E-state index is 11.5. The third-order valence-corrected chi connectivity index (χ3v) is 4.01. The molecule has 2 aromatic rings. The van der Waals surface area contributed by atoms with Crippen LogP contribution in [0, 0.1) is 6.92 Å². The number of rotatable bonds is 6. The SMILES string of the molecule is COC(=O)c1ccc(CN(Cc2cccc(C)c2)[SH](=O)=O)nc1. The summed E-state index contributed by atoms with van der Waals surface area (Å²) in [6, 6.07) is 10.9. The van der Waals surface area contributed by atoms with E-state index in [1.165, 1.54) is 17.6 Å². The van der Waals surface area contributed by atoms with Gasteiger partial charge < -0.3 is 4.74 Å². The molecule has 0 saturated heterocycles. The topological polar surface area (TPSA) is 76.6 Å². The summed E-state index contributed by atoms with van der Waals surface area (Å²) in [4.78, 5) is 15.5. The lowest BCUT2D eigenvalue weighted by atomic mass is 10.1. The molecule has 0 aliphatic carbocycles. The maximum atomic E-state index is 11.5. The molecule has 23 heavy (non-hydrogen) atoms. The van der Waals surface area contributed by atoms with Gasteiger partial charge in [0.1, 0.15) is 0 Å². The number of ether oxygens (including phenoxy) is 1. The number of pyridine rings is 1. The largest absolute Gasteiger partial charge is 0.465 e. The molecule has 0 radical (unpaired) electrons. The van der Waals surface area contributed by atoms with Crippen LogP contribution in [0.1, 0.15) is 27.2 Å². The molecule has 6 nitrogen and oxygen atoms in total. The maximum Gasteiger partial charge on any atom is 0.339 e. The molecule has 0 amide bonds. The van der Waals surface area contributed by atoms with Gasteiger partial charge in [-0.15, -0.1) is 0 Å². The van der Waals surface area contributed by atoms with Crippen LogP contribution < -0.4 is 0 Å². The highest BCUT2D eigenvalue weighted by molar-refractivity contribution is 7.69. The Morgan fingerprint density at radius 1 is 1.22 bits per heavy atom. The molecule has 0 aliphatic rings. The number of aryl methyl sites for hydroxylation is 1. The number of esters is 1. The van der Waals surface area contributed by atoms with Crippen LogP contribution in [-0.4, -0.2) is 30.8 Å². The number of benzene rings is 1. The fourth-order valence-corrected chi connectivity index (χ4v) is 2.68. The Morgan fingerprint density at radius 3 is 2.57 bits per heavy atom. The highest BCUT2D eigenvalue weighted by Gasteiger charge is 2.12. The number of aromatic nitrogens is 1. The van der Waals surface area contributed by atoms with E-state index >= 15 is 0 Å². The zero-order chi connectivity index (χ0) is 16.8. The summed E-state index contributed by atoms with van der Waals surface area (Å²) < 4.78 is 28.9. The van der Waals surface area contributed by atoms with Crippen LogP contribution in [-0.2, 0) is 28.7 Å². The van der Waals surface area contributed by atoms with Crippen molar-refractivity contribution in [3.63, 3.8) is 0 Å². The van der Waals surface area contributed by atoms with Gasteiger partial charge in [-0.25, -0.2) is 13.2 Å². The van der Waals surface area contributed by atoms with E-state index in [9.17, 15) is 13.2 Å². The smallest absolute Gasteiger partial charge is 0.339 e. The Kier molecular flexibility index (Phi) is 5.84. The van der Waals surface area contributed by atoms with E-state index in [-0.39, 0.29) is 13.1 Å². The van der Waals surface area contributed by atoms with Gasteiger partial charge in [-0.05, 0) is 24.6 Å². The third-order valence-electron chi connectivity index (χ3n) is 3.27. The van der Waals surface area contributed by atoms with Crippen LogP contribution in [0.3, 0.4) is 0 Å². The van der Waals surface area contributed by atoms with Crippen LogP contribution in [0.15, 0.2) is 42.6 Å². The molecule has 122 valence electrons. The molecule has 2 rings (SSSR count). The lowest BCUT2D eigenvalue weighted by molar-refractivity contribution is 0.0600. The number of hydrogen-bond acceptors (Lipinski definition) is 5. The molecule has 0 N–H and O–H groups in total. The molecule has 1 aromatic carbocycles. The van der Waals surface area contributed by atoms with E-state index in [1.807, 2.05) is 31.2 Å². The number of carbonyl (C=O) groups is 1. The average Bonchev–Trinajstić information content (AvgIpc) is 2.54. The molecular weight excluding hydrogens is 316 g/mol. The van der Waals surface area contributed by atoms with Gasteiger partial charge in [0.2, 0.25) is 10.9 Å². The summed E-state index contributed by atoms with van der Waals surface area (Å²) in [6.07, 6.45) is 1.38. The van der Waals surface area contributed by atoms with Crippen molar-refractivity contribution in [2.24, 2.45) is 0 Å². The Hall–Kier alpha value is -2.25. The van der Waals surface area contributed by atoms with Crippen molar-refractivity contribution in [2.45, 2.75) is 20.0 Å². The lowest BCUT2D eigenvalue weighted by Crippen LogP contribution is -2.21. The van der Waals surface area contributed by atoms with Crippen molar-refractivity contribution < 1.29 is 17.9 Å². The van der Waals surface area contributed by atoms with Crippen LogP contribution in [0.5, 0.6) is 0 Å². The van der Waals surface area contributed by atoms with Crippen molar-refractivity contribution >= 4 is 16.9 Å². The number of methoxy groups -OCH3 is 1. The number of hydrogen-bond donors (Lipinski definition) is 1. The first-order valence-corrected chi connectivity index (χ1v) is 8.10. The molecule has 7 heteroatoms. The molecule has 0 saturated carbocycles. The molecule has 0 aliphatic heterocycles. The molecule has 0 spiro atoms. The second kappa shape index (κ2) is 7.85. The van der Waals surface area contributed by atoms with Gasteiger partial charge in [-0.2, -0.15) is 4.31 Å². The zero-order valence-corrected chi connectivity index (χ0v) is 13.8. The fraction of sp³-hybridized carbons (Fsp3) is 0.250. The number of thiol groups is 1. The van der Waals surface area contributed by atoms with Crippen LogP contribution in [0.2, 0.25) is 0 Å². The standard InChI is InChI=1S/C16H18N2O4S/c1-12-4-3-5-13(8-12)10-18(23(20)21)11-15-7-6-14(9-17-15)16(19)22-2/h3-9,23H,10-11H2,1-2H3. The first kappa shape index (κ1) is 17.1. The van der Waals surface area contributed by atoms with E-state index in [0.717, 1.165) is 11.1 Å². The molecule has 0 atom stereocenters. The summed E-state index contributed by atoms with van der Waals surface area (Å²) in [6.45, 7) is 2.38. The van der Waals surface area contributed by atoms with Crippen molar-refractivity contribution in [3.8, 4) is 0 Å². The van der Waals surface area contributed by atoms with Crippen LogP contribution in [0.4, 0.5) is 0 Å². The van der Waals surface area contributed by atoms with Gasteiger partial charge in [0.15, 0.2) is 0 Å². The minimum atomic E-state index is -2.74. The van der Waals surface area contributed by atoms with Gasteiger partial charge in [-0.3, -0.25) is 4.98 Å². The van der Waals surface area contributed by atoms with E-state index in [0.29, 0.717) is 11.3 Å². The second-order valence-electron chi connectivity index (χ2n) is 5.08. The Morgan fingerprint density at radius 2 is 2.00 bits per heavy atom. The molecule has 0 bridgehead atoms. The Labute approximate surface area is 136 Å². The fourth-order valence-electron chi connectivity index (χ4n) is 2.14. The summed E-state index contributed by atoms with van der Waals surface area (Å²) in [5.74, 6) is -0.476. The molecule has 1 heterocycles. The van der Waals surface area contributed by atoms with E-state index in [4.69, 9.17) is 0 Å². The predicted molar refractivity (Wildman–Crippen MR) is 86.3 cm³/mol. The highest BCUT2D eigenvalue weighted by atomic mass is 32.2. The highest BCUT2D eigenvalue weighted by Crippen LogP contribution is 2.11. The quantitative estimate of drug-likeness (QED) is 0.643. The minimum absolute atomic E-state index is 0.147. The van der Waals surface area contributed by atoms with E-state index in [2.05, 4.69) is 9.72 Å². The minimum Gasteiger partial charge on any atom is -0.465 e. The van der Waals surface area contributed by atoms with Crippen molar-refractivity contribution in [1.29, 1.82) is 0 Å². The Balaban J connectivity index is 2.12. The monoisotopic (exact) mass is 334 g/mol. The van der Waals surface area contributed by atoms with Gasteiger partial charge in [0, 0.05) is 12.7 Å². The first-order chi connectivity index (χ1) is 11.0. The van der Waals surface area contributed by atoms with Crippen molar-refractivity contribution in [1.82, 2.24) is 9.29 Å². The normalized spacial score (nSPS) is 11.0. The van der Waals surface area contributed by atoms with Gasteiger partial charge in [0.05, 0.1) is 24.9 Å². The molecule has 0 unspecified atom stereocenters. The van der Waals surface area contributed by atoms with Crippen molar-refractivity contribution in [3.05, 3.63) is 65.0 Å². The third kappa shape index (κ3) is 4.87.